The van der Waals surface area contributed by atoms with Gasteiger partial charge >= 0.3 is 5.69 Å². The van der Waals surface area contributed by atoms with Crippen LogP contribution in [0.2, 0.25) is 0 Å². The summed E-state index contributed by atoms with van der Waals surface area (Å²) in [7, 11) is 1.33. The van der Waals surface area contributed by atoms with Crippen molar-refractivity contribution in [3.8, 4) is 5.75 Å². The predicted octanol–water partition coefficient (Wildman–Crippen LogP) is 2.74. The Hall–Kier alpha value is -1.82. The number of carbonyl (C=O) groups is 1. The van der Waals surface area contributed by atoms with E-state index < -0.39 is 4.92 Å². The smallest absolute Gasteiger partial charge is 0.310 e. The molecule has 0 aromatic heterocycles. The lowest BCUT2D eigenvalue weighted by Crippen LogP contribution is -2.31. The average molecular weight is 313 g/mol. The molecule has 0 radical (unpaired) electrons. The predicted molar refractivity (Wildman–Crippen MR) is 79.0 cm³/mol. The van der Waals surface area contributed by atoms with Gasteiger partial charge in [-0.05, 0) is 24.8 Å². The number of ether oxygens (including phenoxy) is 1. The molecular weight excluding hydrogens is 296 g/mol. The van der Waals surface area contributed by atoms with Gasteiger partial charge in [0, 0.05) is 29.6 Å². The number of methoxy groups -OCH3 is 1. The number of nitro benzene ring substituents is 1. The summed E-state index contributed by atoms with van der Waals surface area (Å²) in [6.45, 7) is 0.520. The van der Waals surface area contributed by atoms with Crippen molar-refractivity contribution in [1.82, 2.24) is 5.32 Å². The monoisotopic (exact) mass is 312 g/mol. The summed E-state index contributed by atoms with van der Waals surface area (Å²) in [6, 6.07) is 4.07. The Balaban J connectivity index is 2.03. The van der Waals surface area contributed by atoms with E-state index in [1.807, 2.05) is 0 Å². The van der Waals surface area contributed by atoms with E-state index >= 15 is 0 Å². The Kier molecular flexibility index (Phi) is 5.01. The van der Waals surface area contributed by atoms with Crippen LogP contribution < -0.4 is 10.1 Å². The van der Waals surface area contributed by atoms with Gasteiger partial charge in [0.1, 0.15) is 0 Å². The van der Waals surface area contributed by atoms with Crippen LogP contribution in [-0.2, 0) is 0 Å². The highest BCUT2D eigenvalue weighted by Crippen LogP contribution is 2.30. The van der Waals surface area contributed by atoms with Gasteiger partial charge in [-0.2, -0.15) is 0 Å². The van der Waals surface area contributed by atoms with Gasteiger partial charge in [-0.15, -0.1) is 11.6 Å². The van der Waals surface area contributed by atoms with Crippen LogP contribution in [0.3, 0.4) is 0 Å². The molecule has 1 N–H and O–H groups in total. The molecule has 6 nitrogen and oxygen atoms in total. The van der Waals surface area contributed by atoms with E-state index in [1.54, 1.807) is 0 Å². The first kappa shape index (κ1) is 15.6. The molecule has 1 aromatic carbocycles. The Morgan fingerprint density at radius 3 is 2.86 bits per heavy atom. The second kappa shape index (κ2) is 6.76. The minimum absolute atomic E-state index is 0.0729. The maximum Gasteiger partial charge on any atom is 0.310 e. The largest absolute Gasteiger partial charge is 0.490 e. The van der Waals surface area contributed by atoms with Crippen molar-refractivity contribution in [2.75, 3.05) is 13.7 Å². The van der Waals surface area contributed by atoms with Gasteiger partial charge in [0.15, 0.2) is 5.75 Å². The van der Waals surface area contributed by atoms with Gasteiger partial charge in [0.25, 0.3) is 5.91 Å². The van der Waals surface area contributed by atoms with Crippen LogP contribution in [0.5, 0.6) is 5.75 Å². The van der Waals surface area contributed by atoms with Gasteiger partial charge < -0.3 is 10.1 Å². The summed E-state index contributed by atoms with van der Waals surface area (Å²) in [5, 5.41) is 13.7. The van der Waals surface area contributed by atoms with E-state index in [2.05, 4.69) is 5.32 Å². The number of nitrogens with one attached hydrogen (secondary N) is 1. The quantitative estimate of drug-likeness (QED) is 0.515. The Labute approximate surface area is 127 Å². The summed E-state index contributed by atoms with van der Waals surface area (Å²) in [6.07, 6.45) is 3.07. The summed E-state index contributed by atoms with van der Waals surface area (Å²) < 4.78 is 4.95. The van der Waals surface area contributed by atoms with Crippen LogP contribution in [0.4, 0.5) is 5.69 Å². The van der Waals surface area contributed by atoms with Crippen molar-refractivity contribution in [2.24, 2.45) is 5.92 Å². The zero-order chi connectivity index (χ0) is 15.4. The molecule has 1 aliphatic carbocycles. The first-order valence-electron chi connectivity index (χ1n) is 6.77. The number of nitrogens with zero attached hydrogens (tertiary/aromatic N) is 1. The fraction of sp³-hybridized carbons (Fsp3) is 0.500. The Bertz CT molecular complexity index is 550. The topological polar surface area (TPSA) is 81.5 Å². The standard InChI is InChI=1S/C14H17ClN2O4/c1-21-13-7-9(5-6-12(13)17(19)20)14(18)16-8-10-3-2-4-11(10)15/h5-7,10-11H,2-4,8H2,1H3,(H,16,18). The fourth-order valence-corrected chi connectivity index (χ4v) is 2.89. The summed E-state index contributed by atoms with van der Waals surface area (Å²) >= 11 is 6.16. The second-order valence-corrected chi connectivity index (χ2v) is 5.62. The van der Waals surface area contributed by atoms with Crippen LogP contribution >= 0.6 is 11.6 Å². The van der Waals surface area contributed by atoms with Gasteiger partial charge in [0.2, 0.25) is 0 Å². The first-order chi connectivity index (χ1) is 10.0. The molecule has 2 unspecified atom stereocenters. The number of benzene rings is 1. The van der Waals surface area contributed by atoms with Crippen LogP contribution in [0, 0.1) is 16.0 Å². The molecule has 0 spiro atoms. The molecule has 7 heteroatoms. The van der Waals surface area contributed by atoms with Crippen molar-refractivity contribution in [2.45, 2.75) is 24.6 Å². The average Bonchev–Trinajstić information content (AvgIpc) is 2.89. The normalized spacial score (nSPS) is 21.0. The SMILES string of the molecule is COc1cc(C(=O)NCC2CCCC2Cl)ccc1[N+](=O)[O-]. The Morgan fingerprint density at radius 1 is 1.52 bits per heavy atom. The van der Waals surface area contributed by atoms with Crippen LogP contribution in [0.1, 0.15) is 29.6 Å². The molecule has 1 saturated carbocycles. The number of hydrogen-bond acceptors (Lipinski definition) is 4. The number of carbonyl (C=O) groups excluding carboxylic acids is 1. The third kappa shape index (κ3) is 3.64. The highest BCUT2D eigenvalue weighted by atomic mass is 35.5. The molecule has 1 fully saturated rings. The molecular formula is C14H17ClN2O4. The maximum atomic E-state index is 12.1. The van der Waals surface area contributed by atoms with Crippen molar-refractivity contribution in [1.29, 1.82) is 0 Å². The third-order valence-electron chi connectivity index (χ3n) is 3.73. The first-order valence-corrected chi connectivity index (χ1v) is 7.21. The van der Waals surface area contributed by atoms with Crippen LogP contribution in [-0.4, -0.2) is 29.9 Å². The van der Waals surface area contributed by atoms with E-state index in [0.717, 1.165) is 19.3 Å². The van der Waals surface area contributed by atoms with Gasteiger partial charge in [-0.3, -0.25) is 14.9 Å². The van der Waals surface area contributed by atoms with Gasteiger partial charge in [0.05, 0.1) is 12.0 Å². The number of amides is 1. The number of nitro groups is 1. The molecule has 114 valence electrons. The van der Waals surface area contributed by atoms with Crippen LogP contribution in [0.25, 0.3) is 0 Å². The molecule has 2 rings (SSSR count). The molecule has 1 aromatic rings. The molecule has 1 aliphatic rings. The molecule has 0 heterocycles. The lowest BCUT2D eigenvalue weighted by Gasteiger charge is -2.14. The minimum Gasteiger partial charge on any atom is -0.490 e. The molecule has 21 heavy (non-hydrogen) atoms. The summed E-state index contributed by atoms with van der Waals surface area (Å²) in [5.74, 6) is 0.0817. The number of rotatable bonds is 5. The number of hydrogen-bond donors (Lipinski definition) is 1. The minimum atomic E-state index is -0.545. The molecule has 0 bridgehead atoms. The fourth-order valence-electron chi connectivity index (χ4n) is 2.52. The zero-order valence-corrected chi connectivity index (χ0v) is 12.4. The van der Waals surface area contributed by atoms with E-state index in [0.29, 0.717) is 12.1 Å². The molecule has 0 saturated heterocycles. The van der Waals surface area contributed by atoms with Gasteiger partial charge in [-0.1, -0.05) is 6.42 Å². The third-order valence-corrected chi connectivity index (χ3v) is 4.30. The molecule has 2 atom stereocenters. The molecule has 0 aliphatic heterocycles. The molecule has 1 amide bonds. The van der Waals surface area contributed by atoms with Crippen molar-refractivity contribution < 1.29 is 14.5 Å². The van der Waals surface area contributed by atoms with Crippen LogP contribution in [0.15, 0.2) is 18.2 Å². The summed E-state index contributed by atoms with van der Waals surface area (Å²) in [4.78, 5) is 22.3. The van der Waals surface area contributed by atoms with E-state index in [9.17, 15) is 14.9 Å². The second-order valence-electron chi connectivity index (χ2n) is 5.06. The van der Waals surface area contributed by atoms with E-state index in [-0.39, 0.29) is 28.6 Å². The summed E-state index contributed by atoms with van der Waals surface area (Å²) in [5.41, 5.74) is 0.173. The lowest BCUT2D eigenvalue weighted by atomic mass is 10.1. The zero-order valence-electron chi connectivity index (χ0n) is 11.7. The number of halogens is 1. The van der Waals surface area contributed by atoms with E-state index in [4.69, 9.17) is 16.3 Å². The lowest BCUT2D eigenvalue weighted by molar-refractivity contribution is -0.385. The maximum absolute atomic E-state index is 12.1. The van der Waals surface area contributed by atoms with E-state index in [1.165, 1.54) is 25.3 Å². The van der Waals surface area contributed by atoms with Crippen molar-refractivity contribution in [3.05, 3.63) is 33.9 Å². The van der Waals surface area contributed by atoms with Gasteiger partial charge in [-0.25, -0.2) is 0 Å². The highest BCUT2D eigenvalue weighted by molar-refractivity contribution is 6.21. The highest BCUT2D eigenvalue weighted by Gasteiger charge is 2.26. The van der Waals surface area contributed by atoms with Crippen molar-refractivity contribution >= 4 is 23.2 Å². The number of alkyl halides is 1. The Morgan fingerprint density at radius 2 is 2.29 bits per heavy atom. The van der Waals surface area contributed by atoms with Crippen molar-refractivity contribution in [3.63, 3.8) is 0 Å².